The number of carbonyl (C=O) groups is 4. The Hall–Kier alpha value is -2.06. The average Bonchev–Trinajstić information content (AvgIpc) is 2.57. The van der Waals surface area contributed by atoms with Crippen LogP contribution < -0.4 is 20.8 Å². The number of ketones is 2. The van der Waals surface area contributed by atoms with E-state index in [1.165, 1.54) is 0 Å². The lowest BCUT2D eigenvalue weighted by Gasteiger charge is -2.28. The summed E-state index contributed by atoms with van der Waals surface area (Å²) in [5.41, 5.74) is -0.933. The van der Waals surface area contributed by atoms with Crippen molar-refractivity contribution in [3.63, 3.8) is 0 Å². The Morgan fingerprint density at radius 1 is 0.786 bits per heavy atom. The summed E-state index contributed by atoms with van der Waals surface area (Å²) < 4.78 is 0. The Kier molecular flexibility index (Phi) is 8.50. The van der Waals surface area contributed by atoms with Crippen LogP contribution in [-0.4, -0.2) is 35.6 Å². The van der Waals surface area contributed by atoms with Gasteiger partial charge in [0.25, 0.3) is 0 Å². The minimum absolute atomic E-state index is 0.0488. The van der Waals surface area contributed by atoms with Crippen LogP contribution in [0.5, 0.6) is 0 Å². The number of aliphatic carboxylic acids is 2. The van der Waals surface area contributed by atoms with Gasteiger partial charge < -0.3 is 30.4 Å². The minimum atomic E-state index is -1.47. The van der Waals surface area contributed by atoms with Crippen LogP contribution in [0, 0.1) is 11.8 Å². The number of hydrogen-bond donors (Lipinski definition) is 2. The van der Waals surface area contributed by atoms with E-state index in [0.29, 0.717) is 0 Å². The van der Waals surface area contributed by atoms with E-state index < -0.39 is 57.0 Å². The summed E-state index contributed by atoms with van der Waals surface area (Å²) in [5.74, 6) is -4.89. The van der Waals surface area contributed by atoms with Crippen molar-refractivity contribution in [1.29, 1.82) is 0 Å². The third-order valence-electron chi connectivity index (χ3n) is 3.91. The number of nitrogens with one attached hydrogen (secondary N) is 2. The predicted molar refractivity (Wildman–Crippen MR) is 98.5 cm³/mol. The first-order chi connectivity index (χ1) is 12.9. The highest BCUT2D eigenvalue weighted by Crippen LogP contribution is 2.28. The van der Waals surface area contributed by atoms with E-state index in [2.05, 4.69) is 10.6 Å². The summed E-state index contributed by atoms with van der Waals surface area (Å²) in [7, 11) is 0. The quantitative estimate of drug-likeness (QED) is 0.442. The minimum Gasteiger partial charge on any atom is -0.548 e. The molecule has 0 bridgehead atoms. The molecule has 0 fully saturated rings. The molecule has 1 aliphatic carbocycles. The third kappa shape index (κ3) is 5.97. The molecule has 2 unspecified atom stereocenters. The van der Waals surface area contributed by atoms with Gasteiger partial charge in [-0.25, -0.2) is 0 Å². The van der Waals surface area contributed by atoms with Gasteiger partial charge in [0, 0.05) is 0 Å². The first kappa shape index (κ1) is 24.0. The molecular weight excluding hydrogens is 411 g/mol. The first-order valence-corrected chi connectivity index (χ1v) is 9.46. The van der Waals surface area contributed by atoms with Crippen molar-refractivity contribution in [3.8, 4) is 0 Å². The molecule has 156 valence electrons. The van der Waals surface area contributed by atoms with Crippen LogP contribution in [0.15, 0.2) is 21.5 Å². The highest BCUT2D eigenvalue weighted by atomic mass is 35.5. The molecule has 8 nitrogen and oxygen atoms in total. The highest BCUT2D eigenvalue weighted by molar-refractivity contribution is 6.56. The monoisotopic (exact) mass is 432 g/mol. The SMILES string of the molecule is CC(C)CC(NC1=C(Cl)C(=O)C(NC(CC(C)C)C(=O)[O-])=C(Cl)C1=O)C(=O)[O-]. The molecule has 2 N–H and O–H groups in total. The van der Waals surface area contributed by atoms with Gasteiger partial charge >= 0.3 is 0 Å². The summed E-state index contributed by atoms with van der Waals surface area (Å²) in [6, 6.07) is -2.53. The van der Waals surface area contributed by atoms with Gasteiger partial charge in [-0.15, -0.1) is 0 Å². The molecule has 10 heteroatoms. The first-order valence-electron chi connectivity index (χ1n) is 8.70. The number of rotatable bonds is 10. The molecule has 0 aromatic carbocycles. The van der Waals surface area contributed by atoms with E-state index >= 15 is 0 Å². The Morgan fingerprint density at radius 2 is 1.07 bits per heavy atom. The molecule has 0 saturated heterocycles. The molecule has 2 atom stereocenters. The van der Waals surface area contributed by atoms with E-state index in [9.17, 15) is 29.4 Å². The third-order valence-corrected chi connectivity index (χ3v) is 4.63. The highest BCUT2D eigenvalue weighted by Gasteiger charge is 2.35. The van der Waals surface area contributed by atoms with Gasteiger partial charge in [0.15, 0.2) is 0 Å². The molecule has 0 saturated carbocycles. The molecule has 0 aromatic rings. The Morgan fingerprint density at radius 3 is 1.29 bits per heavy atom. The number of hydrogen-bond acceptors (Lipinski definition) is 8. The van der Waals surface area contributed by atoms with Gasteiger partial charge in [-0.2, -0.15) is 0 Å². The van der Waals surface area contributed by atoms with E-state index in [4.69, 9.17) is 23.2 Å². The summed E-state index contributed by atoms with van der Waals surface area (Å²) in [5, 5.41) is 26.3. The summed E-state index contributed by atoms with van der Waals surface area (Å²) in [6.45, 7) is 7.08. The van der Waals surface area contributed by atoms with Crippen molar-refractivity contribution in [3.05, 3.63) is 21.5 Å². The summed E-state index contributed by atoms with van der Waals surface area (Å²) in [4.78, 5) is 47.7. The predicted octanol–water partition coefficient (Wildman–Crippen LogP) is -0.453. The van der Waals surface area contributed by atoms with E-state index in [0.717, 1.165) is 0 Å². The van der Waals surface area contributed by atoms with Crippen molar-refractivity contribution in [2.45, 2.75) is 52.6 Å². The molecular formula is C18H22Cl2N2O6-2. The van der Waals surface area contributed by atoms with Crippen molar-refractivity contribution < 1.29 is 29.4 Å². The Bertz CT molecular complexity index is 680. The second kappa shape index (κ2) is 9.93. The van der Waals surface area contributed by atoms with Gasteiger partial charge in [0.05, 0.1) is 24.0 Å². The van der Waals surface area contributed by atoms with Crippen LogP contribution in [0.4, 0.5) is 0 Å². The molecule has 1 aliphatic rings. The fourth-order valence-corrected chi connectivity index (χ4v) is 3.09. The standard InChI is InChI=1S/C18H24Cl2N2O6/c1-7(2)5-9(17(25)26)21-13-11(19)16(24)14(12(20)15(13)23)22-10(18(27)28)6-8(3)4/h7-10,21-22H,5-6H2,1-4H3,(H,25,26)(H,27,28)/p-2. The van der Waals surface area contributed by atoms with Gasteiger partial charge in [-0.3, -0.25) is 9.59 Å². The topological polar surface area (TPSA) is 138 Å². The van der Waals surface area contributed by atoms with Crippen LogP contribution in [0.3, 0.4) is 0 Å². The Balaban J connectivity index is 3.18. The number of carboxylic acid groups (broad SMARTS) is 2. The zero-order valence-corrected chi connectivity index (χ0v) is 17.4. The molecule has 0 spiro atoms. The number of allylic oxidation sites excluding steroid dienone is 2. The fourth-order valence-electron chi connectivity index (χ4n) is 2.62. The van der Waals surface area contributed by atoms with Crippen molar-refractivity contribution in [2.24, 2.45) is 11.8 Å². The number of carboxylic acids is 2. The van der Waals surface area contributed by atoms with Crippen LogP contribution in [-0.2, 0) is 19.2 Å². The largest absolute Gasteiger partial charge is 0.548 e. The molecule has 0 aromatic heterocycles. The second-order valence-electron chi connectivity index (χ2n) is 7.33. The molecule has 28 heavy (non-hydrogen) atoms. The van der Waals surface area contributed by atoms with E-state index in [1.54, 1.807) is 27.7 Å². The Labute approximate surface area is 172 Å². The maximum Gasteiger partial charge on any atom is 0.224 e. The van der Waals surface area contributed by atoms with E-state index in [-0.39, 0.29) is 24.7 Å². The van der Waals surface area contributed by atoms with Gasteiger partial charge in [-0.05, 0) is 24.7 Å². The molecule has 0 aliphatic heterocycles. The zero-order chi connectivity index (χ0) is 21.8. The lowest BCUT2D eigenvalue weighted by molar-refractivity contribution is -0.309. The normalized spacial score (nSPS) is 17.3. The lowest BCUT2D eigenvalue weighted by atomic mass is 9.99. The second-order valence-corrected chi connectivity index (χ2v) is 8.08. The van der Waals surface area contributed by atoms with Crippen molar-refractivity contribution >= 4 is 46.7 Å². The van der Waals surface area contributed by atoms with Gasteiger partial charge in [0.1, 0.15) is 21.5 Å². The van der Waals surface area contributed by atoms with Crippen LogP contribution >= 0.6 is 23.2 Å². The van der Waals surface area contributed by atoms with Crippen molar-refractivity contribution in [2.75, 3.05) is 0 Å². The summed E-state index contributed by atoms with van der Waals surface area (Å²) in [6.07, 6.45) is 0.232. The molecule has 0 radical (unpaired) electrons. The molecule has 0 heterocycles. The maximum absolute atomic E-state index is 12.5. The number of carbonyl (C=O) groups excluding carboxylic acids is 4. The van der Waals surface area contributed by atoms with Crippen LogP contribution in [0.2, 0.25) is 0 Å². The van der Waals surface area contributed by atoms with Gasteiger partial charge in [0.2, 0.25) is 11.6 Å². The smallest absolute Gasteiger partial charge is 0.224 e. The van der Waals surface area contributed by atoms with E-state index in [1.807, 2.05) is 0 Å². The maximum atomic E-state index is 12.5. The van der Waals surface area contributed by atoms with Crippen molar-refractivity contribution in [1.82, 2.24) is 10.6 Å². The lowest BCUT2D eigenvalue weighted by Crippen LogP contribution is -2.50. The zero-order valence-electron chi connectivity index (χ0n) is 15.9. The average molecular weight is 433 g/mol. The number of halogens is 2. The van der Waals surface area contributed by atoms with Gasteiger partial charge in [-0.1, -0.05) is 50.9 Å². The van der Waals surface area contributed by atoms with Crippen LogP contribution in [0.25, 0.3) is 0 Å². The molecule has 0 amide bonds. The molecule has 1 rings (SSSR count). The fraction of sp³-hybridized carbons (Fsp3) is 0.556. The van der Waals surface area contributed by atoms with Crippen LogP contribution in [0.1, 0.15) is 40.5 Å². The number of Topliss-reactive ketones (excluding diaryl/α,β-unsaturated/α-hetero) is 2. The summed E-state index contributed by atoms with van der Waals surface area (Å²) >= 11 is 12.0.